The summed E-state index contributed by atoms with van der Waals surface area (Å²) in [5.74, 6) is -0.284. The lowest BCUT2D eigenvalue weighted by atomic mass is 9.96. The summed E-state index contributed by atoms with van der Waals surface area (Å²) in [5, 5.41) is 18.6. The van der Waals surface area contributed by atoms with E-state index in [0.29, 0.717) is 5.69 Å². The summed E-state index contributed by atoms with van der Waals surface area (Å²) in [6.07, 6.45) is 0.250. The first-order valence-electron chi connectivity index (χ1n) is 7.25. The van der Waals surface area contributed by atoms with Crippen molar-refractivity contribution >= 4 is 38.1 Å². The SMILES string of the molecule is CC(C)(C)C(=O)Nc1nnc(S(=O)(=O)Nc2ccc(CC#N)cc2)s1. The third-order valence-corrected chi connectivity index (χ3v) is 5.61. The quantitative estimate of drug-likeness (QED) is 0.769. The number of nitrogens with one attached hydrogen (secondary N) is 2. The Hall–Kier alpha value is -2.51. The van der Waals surface area contributed by atoms with Gasteiger partial charge in [0, 0.05) is 11.1 Å². The number of carbonyl (C=O) groups excluding carboxylic acids is 1. The molecule has 132 valence electrons. The average Bonchev–Trinajstić information content (AvgIpc) is 2.98. The molecule has 1 amide bonds. The minimum Gasteiger partial charge on any atom is -0.300 e. The molecular formula is C15H17N5O3S2. The predicted molar refractivity (Wildman–Crippen MR) is 94.6 cm³/mol. The molecule has 2 aromatic rings. The molecule has 0 aliphatic heterocycles. The molecule has 0 atom stereocenters. The standard InChI is InChI=1S/C15H17N5O3S2/c1-15(2,3)12(21)17-13-18-19-14(24-13)25(22,23)20-11-6-4-10(5-7-11)8-9-16/h4-7,20H,8H2,1-3H3,(H,17,18,21). The second kappa shape index (κ2) is 7.16. The summed E-state index contributed by atoms with van der Waals surface area (Å²) in [4.78, 5) is 11.9. The van der Waals surface area contributed by atoms with E-state index in [2.05, 4.69) is 20.2 Å². The number of nitriles is 1. The first-order chi connectivity index (χ1) is 11.6. The van der Waals surface area contributed by atoms with E-state index in [1.165, 1.54) is 0 Å². The number of benzene rings is 1. The molecule has 1 heterocycles. The van der Waals surface area contributed by atoms with Gasteiger partial charge in [0.05, 0.1) is 12.5 Å². The van der Waals surface area contributed by atoms with E-state index in [4.69, 9.17) is 5.26 Å². The first kappa shape index (κ1) is 18.8. The van der Waals surface area contributed by atoms with Crippen molar-refractivity contribution in [1.29, 1.82) is 5.26 Å². The van der Waals surface area contributed by atoms with Crippen LogP contribution >= 0.6 is 11.3 Å². The second-order valence-electron chi connectivity index (χ2n) is 6.21. The normalized spacial score (nSPS) is 11.6. The highest BCUT2D eigenvalue weighted by atomic mass is 32.2. The Bertz CT molecular complexity index is 906. The minimum atomic E-state index is -3.91. The minimum absolute atomic E-state index is 0.115. The van der Waals surface area contributed by atoms with E-state index < -0.39 is 15.4 Å². The summed E-state index contributed by atoms with van der Waals surface area (Å²) < 4.78 is 26.8. The fourth-order valence-electron chi connectivity index (χ4n) is 1.63. The van der Waals surface area contributed by atoms with Crippen molar-refractivity contribution in [3.05, 3.63) is 29.8 Å². The summed E-state index contributed by atoms with van der Waals surface area (Å²) in [5.41, 5.74) is 0.499. The lowest BCUT2D eigenvalue weighted by Crippen LogP contribution is -2.27. The van der Waals surface area contributed by atoms with E-state index in [-0.39, 0.29) is 21.8 Å². The molecular weight excluding hydrogens is 362 g/mol. The summed E-state index contributed by atoms with van der Waals surface area (Å²) >= 11 is 0.767. The predicted octanol–water partition coefficient (Wildman–Crippen LogP) is 2.39. The number of amides is 1. The van der Waals surface area contributed by atoms with Gasteiger partial charge < -0.3 is 5.32 Å². The monoisotopic (exact) mass is 379 g/mol. The Morgan fingerprint density at radius 1 is 1.24 bits per heavy atom. The molecule has 0 unspecified atom stereocenters. The highest BCUT2D eigenvalue weighted by molar-refractivity contribution is 7.94. The maximum Gasteiger partial charge on any atom is 0.291 e. The van der Waals surface area contributed by atoms with Crippen molar-refractivity contribution in [2.75, 3.05) is 10.0 Å². The molecule has 10 heteroatoms. The third-order valence-electron chi connectivity index (χ3n) is 3.03. The van der Waals surface area contributed by atoms with Crippen LogP contribution in [0.2, 0.25) is 0 Å². The lowest BCUT2D eigenvalue weighted by Gasteiger charge is -2.15. The van der Waals surface area contributed by atoms with Crippen molar-refractivity contribution < 1.29 is 13.2 Å². The van der Waals surface area contributed by atoms with Crippen LogP contribution in [0.15, 0.2) is 28.6 Å². The first-order valence-corrected chi connectivity index (χ1v) is 9.55. The van der Waals surface area contributed by atoms with Gasteiger partial charge >= 0.3 is 0 Å². The van der Waals surface area contributed by atoms with Gasteiger partial charge in [-0.15, -0.1) is 10.2 Å². The third kappa shape index (κ3) is 4.98. The van der Waals surface area contributed by atoms with Crippen molar-refractivity contribution in [1.82, 2.24) is 10.2 Å². The van der Waals surface area contributed by atoms with E-state index >= 15 is 0 Å². The van der Waals surface area contributed by atoms with Crippen LogP contribution in [0.5, 0.6) is 0 Å². The zero-order valence-electron chi connectivity index (χ0n) is 13.9. The van der Waals surface area contributed by atoms with Gasteiger partial charge in [0.15, 0.2) is 0 Å². The van der Waals surface area contributed by atoms with Gasteiger partial charge in [-0.1, -0.05) is 44.2 Å². The smallest absolute Gasteiger partial charge is 0.291 e. The van der Waals surface area contributed by atoms with Crippen molar-refractivity contribution in [2.45, 2.75) is 31.5 Å². The number of nitrogens with zero attached hydrogens (tertiary/aromatic N) is 3. The van der Waals surface area contributed by atoms with Crippen LogP contribution in [-0.4, -0.2) is 24.5 Å². The average molecular weight is 379 g/mol. The number of sulfonamides is 1. The molecule has 25 heavy (non-hydrogen) atoms. The Kier molecular flexibility index (Phi) is 5.39. The number of carbonyl (C=O) groups is 1. The highest BCUT2D eigenvalue weighted by Gasteiger charge is 2.25. The second-order valence-corrected chi connectivity index (χ2v) is 9.05. The van der Waals surface area contributed by atoms with Crippen LogP contribution in [0.4, 0.5) is 10.8 Å². The van der Waals surface area contributed by atoms with Crippen LogP contribution in [-0.2, 0) is 21.2 Å². The molecule has 1 aromatic heterocycles. The largest absolute Gasteiger partial charge is 0.300 e. The van der Waals surface area contributed by atoms with Gasteiger partial charge in [0.1, 0.15) is 0 Å². The molecule has 0 aliphatic rings. The number of hydrogen-bond acceptors (Lipinski definition) is 7. The molecule has 1 aromatic carbocycles. The van der Waals surface area contributed by atoms with Gasteiger partial charge in [-0.25, -0.2) is 0 Å². The van der Waals surface area contributed by atoms with E-state index in [1.807, 2.05) is 6.07 Å². The maximum atomic E-state index is 12.3. The molecule has 0 radical (unpaired) electrons. The number of aromatic nitrogens is 2. The Morgan fingerprint density at radius 3 is 2.44 bits per heavy atom. The Balaban J connectivity index is 2.12. The maximum absolute atomic E-state index is 12.3. The van der Waals surface area contributed by atoms with Crippen LogP contribution in [0.25, 0.3) is 0 Å². The molecule has 0 bridgehead atoms. The number of anilines is 2. The molecule has 8 nitrogen and oxygen atoms in total. The fourth-order valence-corrected chi connectivity index (χ4v) is 3.59. The van der Waals surface area contributed by atoms with Crippen LogP contribution in [0, 0.1) is 16.7 Å². The molecule has 0 spiro atoms. The highest BCUT2D eigenvalue weighted by Crippen LogP contribution is 2.24. The molecule has 0 fully saturated rings. The van der Waals surface area contributed by atoms with Crippen molar-refractivity contribution in [3.8, 4) is 6.07 Å². The van der Waals surface area contributed by atoms with E-state index in [1.54, 1.807) is 45.0 Å². The van der Waals surface area contributed by atoms with Gasteiger partial charge in [-0.05, 0) is 17.7 Å². The molecule has 2 N–H and O–H groups in total. The number of hydrogen-bond donors (Lipinski definition) is 2. The molecule has 0 saturated heterocycles. The Labute approximate surface area is 150 Å². The van der Waals surface area contributed by atoms with Gasteiger partial charge in [0.2, 0.25) is 11.0 Å². The van der Waals surface area contributed by atoms with Crippen LogP contribution < -0.4 is 10.0 Å². The zero-order chi connectivity index (χ0) is 18.7. The molecule has 0 saturated carbocycles. The van der Waals surface area contributed by atoms with E-state index in [0.717, 1.165) is 16.9 Å². The number of rotatable bonds is 5. The zero-order valence-corrected chi connectivity index (χ0v) is 15.5. The lowest BCUT2D eigenvalue weighted by molar-refractivity contribution is -0.123. The summed E-state index contributed by atoms with van der Waals surface area (Å²) in [7, 11) is -3.91. The summed E-state index contributed by atoms with van der Waals surface area (Å²) in [6.45, 7) is 5.20. The summed E-state index contributed by atoms with van der Waals surface area (Å²) in [6, 6.07) is 8.47. The fraction of sp³-hybridized carbons (Fsp3) is 0.333. The molecule has 2 rings (SSSR count). The van der Waals surface area contributed by atoms with E-state index in [9.17, 15) is 13.2 Å². The van der Waals surface area contributed by atoms with Crippen molar-refractivity contribution in [3.63, 3.8) is 0 Å². The van der Waals surface area contributed by atoms with Gasteiger partial charge in [0.25, 0.3) is 14.4 Å². The van der Waals surface area contributed by atoms with Gasteiger partial charge in [-0.3, -0.25) is 9.52 Å². The van der Waals surface area contributed by atoms with Crippen molar-refractivity contribution in [2.24, 2.45) is 5.41 Å². The Morgan fingerprint density at radius 2 is 1.88 bits per heavy atom. The van der Waals surface area contributed by atoms with Crippen LogP contribution in [0.3, 0.4) is 0 Å². The van der Waals surface area contributed by atoms with Crippen LogP contribution in [0.1, 0.15) is 26.3 Å². The molecule has 0 aliphatic carbocycles. The topological polar surface area (TPSA) is 125 Å². The van der Waals surface area contributed by atoms with Gasteiger partial charge in [-0.2, -0.15) is 13.7 Å².